The molecule has 1 aromatic carbocycles. The van der Waals surface area contributed by atoms with Crippen molar-refractivity contribution < 1.29 is 4.74 Å². The first kappa shape index (κ1) is 17.2. The van der Waals surface area contributed by atoms with E-state index in [0.717, 1.165) is 24.9 Å². The molecule has 1 saturated carbocycles. The van der Waals surface area contributed by atoms with Gasteiger partial charge in [0.15, 0.2) is 5.96 Å². The number of benzene rings is 1. The number of methoxy groups -OCH3 is 1. The van der Waals surface area contributed by atoms with Gasteiger partial charge in [0, 0.05) is 12.8 Å². The van der Waals surface area contributed by atoms with Crippen molar-refractivity contribution in [3.8, 4) is 0 Å². The second-order valence-electron chi connectivity index (χ2n) is 5.12. The molecule has 2 rings (SSSR count). The van der Waals surface area contributed by atoms with E-state index in [2.05, 4.69) is 29.4 Å². The quantitative estimate of drug-likeness (QED) is 0.462. The van der Waals surface area contributed by atoms with Crippen LogP contribution in [-0.4, -0.2) is 25.2 Å². The van der Waals surface area contributed by atoms with Crippen molar-refractivity contribution >= 4 is 35.6 Å². The third-order valence-corrected chi connectivity index (χ3v) is 3.87. The summed E-state index contributed by atoms with van der Waals surface area (Å²) in [7, 11) is 1.75. The number of anilines is 1. The molecule has 1 aliphatic rings. The van der Waals surface area contributed by atoms with E-state index in [9.17, 15) is 0 Å². The molecule has 0 spiro atoms. The van der Waals surface area contributed by atoms with Crippen LogP contribution < -0.4 is 11.1 Å². The molecule has 0 saturated heterocycles. The van der Waals surface area contributed by atoms with Gasteiger partial charge in [-0.1, -0.05) is 19.1 Å². The van der Waals surface area contributed by atoms with Gasteiger partial charge in [0.2, 0.25) is 0 Å². The fourth-order valence-electron chi connectivity index (χ4n) is 2.24. The van der Waals surface area contributed by atoms with Crippen LogP contribution in [0.25, 0.3) is 0 Å². The number of hydrogen-bond donors (Lipinski definition) is 2. The van der Waals surface area contributed by atoms with Crippen LogP contribution in [-0.2, 0) is 11.2 Å². The first-order valence-electron chi connectivity index (χ1n) is 6.88. The number of hydrogen-bond acceptors (Lipinski definition) is 2. The molecule has 3 N–H and O–H groups in total. The molecule has 0 heterocycles. The van der Waals surface area contributed by atoms with Gasteiger partial charge in [-0.2, -0.15) is 0 Å². The van der Waals surface area contributed by atoms with Gasteiger partial charge in [-0.25, -0.2) is 0 Å². The minimum Gasteiger partial charge on any atom is -0.376 e. The highest BCUT2D eigenvalue weighted by Crippen LogP contribution is 2.35. The molecule has 0 radical (unpaired) electrons. The van der Waals surface area contributed by atoms with E-state index in [4.69, 9.17) is 10.5 Å². The molecule has 1 aromatic rings. The van der Waals surface area contributed by atoms with E-state index >= 15 is 0 Å². The van der Waals surface area contributed by atoms with Crippen molar-refractivity contribution in [1.29, 1.82) is 0 Å². The third-order valence-electron chi connectivity index (χ3n) is 3.87. The standard InChI is InChI=1S/C15H23N3O.HI/c1-3-12-5-7-13(8-6-12)18-14(16)17-11-15(19-2)9-4-10-15;/h5-8H,3-4,9-11H2,1-2H3,(H3,16,17,18);1H. The zero-order valence-electron chi connectivity index (χ0n) is 12.2. The minimum absolute atomic E-state index is 0. The van der Waals surface area contributed by atoms with Crippen molar-refractivity contribution in [1.82, 2.24) is 0 Å². The summed E-state index contributed by atoms with van der Waals surface area (Å²) >= 11 is 0. The first-order chi connectivity index (χ1) is 9.17. The SMILES string of the molecule is CCc1ccc(NC(N)=NCC2(OC)CCC2)cc1.I. The van der Waals surface area contributed by atoms with E-state index < -0.39 is 0 Å². The van der Waals surface area contributed by atoms with Gasteiger partial charge in [0.1, 0.15) is 0 Å². The average Bonchev–Trinajstić information content (AvgIpc) is 2.39. The maximum absolute atomic E-state index is 5.90. The van der Waals surface area contributed by atoms with Crippen molar-refractivity contribution in [3.05, 3.63) is 29.8 Å². The summed E-state index contributed by atoms with van der Waals surface area (Å²) < 4.78 is 5.51. The second-order valence-corrected chi connectivity index (χ2v) is 5.12. The Bertz CT molecular complexity index is 435. The Kier molecular flexibility index (Phi) is 6.75. The topological polar surface area (TPSA) is 59.6 Å². The number of rotatable bonds is 5. The van der Waals surface area contributed by atoms with Gasteiger partial charge in [-0.15, -0.1) is 24.0 Å². The van der Waals surface area contributed by atoms with E-state index in [-0.39, 0.29) is 29.6 Å². The molecule has 0 atom stereocenters. The number of guanidine groups is 1. The lowest BCUT2D eigenvalue weighted by Gasteiger charge is -2.39. The van der Waals surface area contributed by atoms with Crippen LogP contribution in [0.4, 0.5) is 5.69 Å². The molecule has 0 bridgehead atoms. The van der Waals surface area contributed by atoms with Crippen LogP contribution in [0.3, 0.4) is 0 Å². The molecule has 0 aliphatic heterocycles. The molecule has 20 heavy (non-hydrogen) atoms. The van der Waals surface area contributed by atoms with Crippen molar-refractivity contribution in [2.75, 3.05) is 19.0 Å². The van der Waals surface area contributed by atoms with Gasteiger partial charge in [0.05, 0.1) is 12.1 Å². The highest BCUT2D eigenvalue weighted by molar-refractivity contribution is 14.0. The smallest absolute Gasteiger partial charge is 0.193 e. The van der Waals surface area contributed by atoms with Gasteiger partial charge in [-0.05, 0) is 43.4 Å². The highest BCUT2D eigenvalue weighted by Gasteiger charge is 2.36. The Hall–Kier alpha value is -0.820. The number of nitrogens with two attached hydrogens (primary N) is 1. The number of aryl methyl sites for hydroxylation is 1. The largest absolute Gasteiger partial charge is 0.376 e. The molecule has 0 aromatic heterocycles. The van der Waals surface area contributed by atoms with Crippen molar-refractivity contribution in [3.63, 3.8) is 0 Å². The number of nitrogens with zero attached hydrogens (tertiary/aromatic N) is 1. The Morgan fingerprint density at radius 2 is 2.00 bits per heavy atom. The van der Waals surface area contributed by atoms with Crippen LogP contribution in [0.5, 0.6) is 0 Å². The predicted octanol–water partition coefficient (Wildman–Crippen LogP) is 3.16. The first-order valence-corrected chi connectivity index (χ1v) is 6.88. The molecule has 1 aliphatic carbocycles. The number of halogens is 1. The molecule has 1 fully saturated rings. The summed E-state index contributed by atoms with van der Waals surface area (Å²) in [6, 6.07) is 8.24. The number of aliphatic imine (C=N–C) groups is 1. The van der Waals surface area contributed by atoms with Crippen LogP contribution in [0.2, 0.25) is 0 Å². The number of ether oxygens (including phenoxy) is 1. The molecule has 5 heteroatoms. The fourth-order valence-corrected chi connectivity index (χ4v) is 2.24. The molecule has 0 unspecified atom stereocenters. The van der Waals surface area contributed by atoms with Crippen molar-refractivity contribution in [2.45, 2.75) is 38.2 Å². The Labute approximate surface area is 138 Å². The summed E-state index contributed by atoms with van der Waals surface area (Å²) in [5, 5.41) is 3.11. The Morgan fingerprint density at radius 3 is 2.45 bits per heavy atom. The van der Waals surface area contributed by atoms with Crippen LogP contribution in [0, 0.1) is 0 Å². The average molecular weight is 389 g/mol. The fraction of sp³-hybridized carbons (Fsp3) is 0.533. The highest BCUT2D eigenvalue weighted by atomic mass is 127. The molecule has 4 nitrogen and oxygen atoms in total. The summed E-state index contributed by atoms with van der Waals surface area (Å²) in [5.74, 6) is 0.451. The van der Waals surface area contributed by atoms with Crippen LogP contribution >= 0.6 is 24.0 Å². The summed E-state index contributed by atoms with van der Waals surface area (Å²) in [6.07, 6.45) is 4.41. The van der Waals surface area contributed by atoms with E-state index in [1.165, 1.54) is 12.0 Å². The summed E-state index contributed by atoms with van der Waals surface area (Å²) in [4.78, 5) is 4.39. The van der Waals surface area contributed by atoms with E-state index in [0.29, 0.717) is 12.5 Å². The minimum atomic E-state index is -0.0711. The zero-order chi connectivity index (χ0) is 13.7. The molecular formula is C15H24IN3O. The lowest BCUT2D eigenvalue weighted by Crippen LogP contribution is -2.43. The maximum atomic E-state index is 5.90. The van der Waals surface area contributed by atoms with Gasteiger partial charge in [-0.3, -0.25) is 4.99 Å². The van der Waals surface area contributed by atoms with E-state index in [1.54, 1.807) is 7.11 Å². The lowest BCUT2D eigenvalue weighted by molar-refractivity contribution is -0.0629. The monoisotopic (exact) mass is 389 g/mol. The third kappa shape index (κ3) is 4.34. The molecular weight excluding hydrogens is 365 g/mol. The van der Waals surface area contributed by atoms with Crippen LogP contribution in [0.15, 0.2) is 29.3 Å². The maximum Gasteiger partial charge on any atom is 0.193 e. The normalized spacial score (nSPS) is 17.0. The van der Waals surface area contributed by atoms with Crippen molar-refractivity contribution in [2.24, 2.45) is 10.7 Å². The molecule has 0 amide bonds. The summed E-state index contributed by atoms with van der Waals surface area (Å²) in [5.41, 5.74) is 8.11. The lowest BCUT2D eigenvalue weighted by atomic mass is 9.80. The van der Waals surface area contributed by atoms with Crippen LogP contribution in [0.1, 0.15) is 31.7 Å². The Morgan fingerprint density at radius 1 is 1.35 bits per heavy atom. The van der Waals surface area contributed by atoms with Gasteiger partial charge in [0.25, 0.3) is 0 Å². The predicted molar refractivity (Wildman–Crippen MR) is 94.9 cm³/mol. The second kappa shape index (κ2) is 7.83. The summed E-state index contributed by atoms with van der Waals surface area (Å²) in [6.45, 7) is 2.77. The van der Waals surface area contributed by atoms with Gasteiger partial charge < -0.3 is 15.8 Å². The Balaban J connectivity index is 0.00000200. The molecule has 112 valence electrons. The zero-order valence-corrected chi connectivity index (χ0v) is 14.5. The van der Waals surface area contributed by atoms with E-state index in [1.807, 2.05) is 12.1 Å². The van der Waals surface area contributed by atoms with Gasteiger partial charge >= 0.3 is 0 Å². The number of nitrogens with one attached hydrogen (secondary N) is 1.